The molecule has 0 saturated carbocycles. The Balaban J connectivity index is 2.33. The smallest absolute Gasteiger partial charge is 0.173 e. The van der Waals surface area contributed by atoms with Gasteiger partial charge in [0, 0.05) is 7.11 Å². The van der Waals surface area contributed by atoms with E-state index in [-0.39, 0.29) is 5.84 Å². The van der Waals surface area contributed by atoms with Crippen LogP contribution in [0.4, 0.5) is 0 Å². The van der Waals surface area contributed by atoms with Crippen molar-refractivity contribution in [1.29, 1.82) is 0 Å². The van der Waals surface area contributed by atoms with Crippen LogP contribution in [-0.2, 0) is 11.3 Å². The third-order valence-corrected chi connectivity index (χ3v) is 2.96. The standard InChI is InChI=1S/C16H18N2O3/c1-11-6-7-15(14(8-11)16(17)18-19)21-13-5-3-4-12(9-13)10-20-2/h3-9,19H,10H2,1-2H3,(H2,17,18). The van der Waals surface area contributed by atoms with Gasteiger partial charge in [0.1, 0.15) is 11.5 Å². The summed E-state index contributed by atoms with van der Waals surface area (Å²) in [7, 11) is 1.64. The van der Waals surface area contributed by atoms with E-state index in [2.05, 4.69) is 5.16 Å². The number of nitrogens with zero attached hydrogens (tertiary/aromatic N) is 1. The molecule has 0 bridgehead atoms. The number of hydrogen-bond donors (Lipinski definition) is 2. The third-order valence-electron chi connectivity index (χ3n) is 2.96. The second-order valence-electron chi connectivity index (χ2n) is 4.67. The summed E-state index contributed by atoms with van der Waals surface area (Å²) < 4.78 is 10.9. The van der Waals surface area contributed by atoms with Crippen molar-refractivity contribution in [1.82, 2.24) is 0 Å². The Labute approximate surface area is 123 Å². The molecule has 5 heteroatoms. The third kappa shape index (κ3) is 3.73. The maximum Gasteiger partial charge on any atom is 0.173 e. The van der Waals surface area contributed by atoms with E-state index in [4.69, 9.17) is 20.4 Å². The summed E-state index contributed by atoms with van der Waals surface area (Å²) in [4.78, 5) is 0. The van der Waals surface area contributed by atoms with Crippen LogP contribution in [0.25, 0.3) is 0 Å². The molecule has 0 radical (unpaired) electrons. The molecule has 0 aromatic heterocycles. The van der Waals surface area contributed by atoms with Gasteiger partial charge in [-0.1, -0.05) is 28.9 Å². The summed E-state index contributed by atoms with van der Waals surface area (Å²) >= 11 is 0. The number of hydrogen-bond acceptors (Lipinski definition) is 4. The molecule has 2 aromatic rings. The number of amidine groups is 1. The van der Waals surface area contributed by atoms with Crippen molar-refractivity contribution in [2.45, 2.75) is 13.5 Å². The summed E-state index contributed by atoms with van der Waals surface area (Å²) in [5, 5.41) is 11.9. The molecule has 0 amide bonds. The normalized spacial score (nSPS) is 11.4. The van der Waals surface area contributed by atoms with Gasteiger partial charge in [-0.05, 0) is 36.8 Å². The van der Waals surface area contributed by atoms with E-state index in [1.165, 1.54) is 0 Å². The Kier molecular flexibility index (Phi) is 4.79. The molecule has 21 heavy (non-hydrogen) atoms. The SMILES string of the molecule is COCc1cccc(Oc2ccc(C)cc2/C(N)=N/O)c1. The van der Waals surface area contributed by atoms with Crippen molar-refractivity contribution in [3.05, 3.63) is 59.2 Å². The highest BCUT2D eigenvalue weighted by molar-refractivity contribution is 5.99. The largest absolute Gasteiger partial charge is 0.457 e. The molecular weight excluding hydrogens is 268 g/mol. The zero-order chi connectivity index (χ0) is 15.2. The first-order valence-corrected chi connectivity index (χ1v) is 6.48. The Morgan fingerprint density at radius 1 is 1.24 bits per heavy atom. The van der Waals surface area contributed by atoms with Crippen molar-refractivity contribution in [3.63, 3.8) is 0 Å². The Bertz CT molecular complexity index is 654. The van der Waals surface area contributed by atoms with E-state index in [1.807, 2.05) is 43.3 Å². The highest BCUT2D eigenvalue weighted by Gasteiger charge is 2.10. The molecule has 0 spiro atoms. The fourth-order valence-electron chi connectivity index (χ4n) is 1.98. The van der Waals surface area contributed by atoms with Crippen LogP contribution in [0.1, 0.15) is 16.7 Å². The first kappa shape index (κ1) is 14.9. The van der Waals surface area contributed by atoms with Crippen LogP contribution in [0.2, 0.25) is 0 Å². The van der Waals surface area contributed by atoms with Crippen molar-refractivity contribution >= 4 is 5.84 Å². The topological polar surface area (TPSA) is 77.1 Å². The molecular formula is C16H18N2O3. The molecule has 0 unspecified atom stereocenters. The molecule has 5 nitrogen and oxygen atoms in total. The minimum atomic E-state index is 0.0155. The van der Waals surface area contributed by atoms with E-state index in [0.717, 1.165) is 11.1 Å². The van der Waals surface area contributed by atoms with Crippen LogP contribution in [-0.4, -0.2) is 18.2 Å². The van der Waals surface area contributed by atoms with Gasteiger partial charge in [0.15, 0.2) is 5.84 Å². The minimum Gasteiger partial charge on any atom is -0.457 e. The number of benzene rings is 2. The summed E-state index contributed by atoms with van der Waals surface area (Å²) in [6, 6.07) is 13.1. The van der Waals surface area contributed by atoms with Crippen molar-refractivity contribution in [3.8, 4) is 11.5 Å². The molecule has 0 atom stereocenters. The highest BCUT2D eigenvalue weighted by Crippen LogP contribution is 2.27. The van der Waals surface area contributed by atoms with Gasteiger partial charge >= 0.3 is 0 Å². The fraction of sp³-hybridized carbons (Fsp3) is 0.188. The zero-order valence-electron chi connectivity index (χ0n) is 12.0. The summed E-state index contributed by atoms with van der Waals surface area (Å²) in [6.45, 7) is 2.44. The Morgan fingerprint density at radius 3 is 2.76 bits per heavy atom. The molecule has 0 aliphatic rings. The lowest BCUT2D eigenvalue weighted by molar-refractivity contribution is 0.184. The van der Waals surface area contributed by atoms with Gasteiger partial charge in [-0.25, -0.2) is 0 Å². The molecule has 3 N–H and O–H groups in total. The molecule has 110 valence electrons. The van der Waals surface area contributed by atoms with Gasteiger partial charge in [0.05, 0.1) is 12.2 Å². The number of aryl methyl sites for hydroxylation is 1. The quantitative estimate of drug-likeness (QED) is 0.383. The lowest BCUT2D eigenvalue weighted by atomic mass is 10.1. The Morgan fingerprint density at radius 2 is 2.05 bits per heavy atom. The maximum atomic E-state index is 8.87. The van der Waals surface area contributed by atoms with Gasteiger partial charge in [-0.3, -0.25) is 0 Å². The number of nitrogens with two attached hydrogens (primary N) is 1. The molecule has 0 heterocycles. The van der Waals surface area contributed by atoms with Crippen molar-refractivity contribution in [2.24, 2.45) is 10.9 Å². The maximum absolute atomic E-state index is 8.87. The first-order valence-electron chi connectivity index (χ1n) is 6.48. The lowest BCUT2D eigenvalue weighted by Crippen LogP contribution is -2.14. The van der Waals surface area contributed by atoms with Gasteiger partial charge in [-0.15, -0.1) is 0 Å². The van der Waals surface area contributed by atoms with E-state index < -0.39 is 0 Å². The van der Waals surface area contributed by atoms with E-state index in [1.54, 1.807) is 13.2 Å². The summed E-state index contributed by atoms with van der Waals surface area (Å²) in [6.07, 6.45) is 0. The van der Waals surface area contributed by atoms with Crippen LogP contribution < -0.4 is 10.5 Å². The van der Waals surface area contributed by atoms with Gasteiger partial charge < -0.3 is 20.4 Å². The predicted molar refractivity (Wildman–Crippen MR) is 80.9 cm³/mol. The monoisotopic (exact) mass is 286 g/mol. The number of methoxy groups -OCH3 is 1. The average molecular weight is 286 g/mol. The molecule has 0 aliphatic heterocycles. The van der Waals surface area contributed by atoms with Gasteiger partial charge in [-0.2, -0.15) is 0 Å². The second kappa shape index (κ2) is 6.76. The van der Waals surface area contributed by atoms with Crippen molar-refractivity contribution in [2.75, 3.05) is 7.11 Å². The fourth-order valence-corrected chi connectivity index (χ4v) is 1.98. The van der Waals surface area contributed by atoms with E-state index >= 15 is 0 Å². The molecule has 2 aromatic carbocycles. The van der Waals surface area contributed by atoms with Crippen LogP contribution in [0, 0.1) is 6.92 Å². The zero-order valence-corrected chi connectivity index (χ0v) is 12.0. The van der Waals surface area contributed by atoms with E-state index in [9.17, 15) is 0 Å². The van der Waals surface area contributed by atoms with Crippen molar-refractivity contribution < 1.29 is 14.7 Å². The van der Waals surface area contributed by atoms with Crippen LogP contribution >= 0.6 is 0 Å². The highest BCUT2D eigenvalue weighted by atomic mass is 16.5. The number of rotatable bonds is 5. The van der Waals surface area contributed by atoms with Gasteiger partial charge in [0.2, 0.25) is 0 Å². The van der Waals surface area contributed by atoms with Crippen LogP contribution in [0.15, 0.2) is 47.6 Å². The Hall–Kier alpha value is -2.53. The summed E-state index contributed by atoms with van der Waals surface area (Å²) in [5.41, 5.74) is 8.25. The second-order valence-corrected chi connectivity index (χ2v) is 4.67. The van der Waals surface area contributed by atoms with Gasteiger partial charge in [0.25, 0.3) is 0 Å². The number of oxime groups is 1. The van der Waals surface area contributed by atoms with E-state index in [0.29, 0.717) is 23.7 Å². The van der Waals surface area contributed by atoms with Crippen LogP contribution in [0.3, 0.4) is 0 Å². The lowest BCUT2D eigenvalue weighted by Gasteiger charge is -2.12. The molecule has 0 aliphatic carbocycles. The predicted octanol–water partition coefficient (Wildman–Crippen LogP) is 3.03. The average Bonchev–Trinajstić information content (AvgIpc) is 2.49. The molecule has 0 saturated heterocycles. The number of ether oxygens (including phenoxy) is 2. The minimum absolute atomic E-state index is 0.0155. The molecule has 2 rings (SSSR count). The molecule has 0 fully saturated rings. The van der Waals surface area contributed by atoms with Crippen LogP contribution in [0.5, 0.6) is 11.5 Å². The first-order chi connectivity index (χ1) is 10.1. The summed E-state index contributed by atoms with van der Waals surface area (Å²) in [5.74, 6) is 1.22.